The second-order valence-corrected chi connectivity index (χ2v) is 6.38. The first-order chi connectivity index (χ1) is 12.2. The number of ether oxygens (including phenoxy) is 1. The molecule has 0 radical (unpaired) electrons. The lowest BCUT2D eigenvalue weighted by molar-refractivity contribution is 0.0164. The summed E-state index contributed by atoms with van der Waals surface area (Å²) in [7, 11) is 0. The van der Waals surface area contributed by atoms with E-state index in [1.165, 1.54) is 5.56 Å². The van der Waals surface area contributed by atoms with E-state index in [9.17, 15) is 4.79 Å². The second-order valence-electron chi connectivity index (χ2n) is 6.38. The van der Waals surface area contributed by atoms with Crippen molar-refractivity contribution < 1.29 is 9.53 Å². The summed E-state index contributed by atoms with van der Waals surface area (Å²) in [4.78, 5) is 18.3. The number of hydrogen-bond donors (Lipinski definition) is 1. The van der Waals surface area contributed by atoms with Crippen LogP contribution < -0.4 is 5.32 Å². The maximum Gasteiger partial charge on any atom is 0.317 e. The molecule has 1 atom stereocenters. The Kier molecular flexibility index (Phi) is 6.06. The topological polar surface area (TPSA) is 59.4 Å². The number of benzene rings is 1. The first-order valence-electron chi connectivity index (χ1n) is 8.92. The summed E-state index contributed by atoms with van der Waals surface area (Å²) in [6.45, 7) is 5.49. The first kappa shape index (κ1) is 17.5. The largest absolute Gasteiger partial charge is 0.377 e. The van der Waals surface area contributed by atoms with Gasteiger partial charge < -0.3 is 19.5 Å². The highest BCUT2D eigenvalue weighted by molar-refractivity contribution is 5.74. The smallest absolute Gasteiger partial charge is 0.317 e. The number of nitrogens with zero attached hydrogens (tertiary/aromatic N) is 3. The van der Waals surface area contributed by atoms with Gasteiger partial charge in [0, 0.05) is 45.2 Å². The van der Waals surface area contributed by atoms with Crippen molar-refractivity contribution in [3.8, 4) is 0 Å². The molecule has 1 unspecified atom stereocenters. The van der Waals surface area contributed by atoms with Gasteiger partial charge in [-0.2, -0.15) is 0 Å². The average Bonchev–Trinajstić information content (AvgIpc) is 3.13. The average molecular weight is 342 g/mol. The summed E-state index contributed by atoms with van der Waals surface area (Å²) in [5.41, 5.74) is 2.29. The van der Waals surface area contributed by atoms with Crippen molar-refractivity contribution in [2.24, 2.45) is 0 Å². The molecule has 25 heavy (non-hydrogen) atoms. The molecular weight excluding hydrogens is 316 g/mol. The van der Waals surface area contributed by atoms with E-state index < -0.39 is 0 Å². The number of likely N-dealkylation sites (tertiary alicyclic amines) is 1. The summed E-state index contributed by atoms with van der Waals surface area (Å²) in [5.74, 6) is 0. The lowest BCUT2D eigenvalue weighted by Gasteiger charge is -2.32. The number of nitrogens with one attached hydrogen (secondary N) is 1. The lowest BCUT2D eigenvalue weighted by atomic mass is 10.1. The normalized spacial score (nSPS) is 17.5. The van der Waals surface area contributed by atoms with Gasteiger partial charge in [0.15, 0.2) is 0 Å². The van der Waals surface area contributed by atoms with E-state index in [1.807, 2.05) is 34.7 Å². The number of amides is 2. The van der Waals surface area contributed by atoms with Gasteiger partial charge in [-0.25, -0.2) is 9.78 Å². The minimum Gasteiger partial charge on any atom is -0.377 e. The molecule has 0 aliphatic carbocycles. The molecule has 6 heteroatoms. The van der Waals surface area contributed by atoms with Gasteiger partial charge in [0.2, 0.25) is 0 Å². The van der Waals surface area contributed by atoms with Crippen molar-refractivity contribution in [2.75, 3.05) is 19.7 Å². The number of imidazole rings is 1. The van der Waals surface area contributed by atoms with Crippen LogP contribution in [0.2, 0.25) is 0 Å². The van der Waals surface area contributed by atoms with Gasteiger partial charge >= 0.3 is 6.03 Å². The molecule has 2 aromatic rings. The van der Waals surface area contributed by atoms with Crippen molar-refractivity contribution in [1.82, 2.24) is 19.8 Å². The Bertz CT molecular complexity index is 670. The first-order valence-corrected chi connectivity index (χ1v) is 8.92. The molecule has 1 fully saturated rings. The molecule has 1 aliphatic rings. The predicted molar refractivity (Wildman–Crippen MR) is 96.2 cm³/mol. The Labute approximate surface area is 148 Å². The van der Waals surface area contributed by atoms with E-state index in [0.29, 0.717) is 19.7 Å². The van der Waals surface area contributed by atoms with E-state index in [1.54, 1.807) is 12.5 Å². The number of rotatable bonds is 6. The van der Waals surface area contributed by atoms with E-state index in [-0.39, 0.29) is 12.1 Å². The summed E-state index contributed by atoms with van der Waals surface area (Å²) in [6, 6.07) is 8.27. The Hall–Kier alpha value is -2.34. The number of hydrogen-bond acceptors (Lipinski definition) is 3. The zero-order valence-corrected chi connectivity index (χ0v) is 14.7. The summed E-state index contributed by atoms with van der Waals surface area (Å²) in [6.07, 6.45) is 7.73. The van der Waals surface area contributed by atoms with Crippen LogP contribution in [-0.2, 0) is 17.8 Å². The SMILES string of the molecule is CCOC1CCCN(C(=O)NCc2cccc(Cn3ccnc3)c2)C1. The Morgan fingerprint density at radius 3 is 3.08 bits per heavy atom. The van der Waals surface area contributed by atoms with Crippen LogP contribution in [0, 0.1) is 0 Å². The lowest BCUT2D eigenvalue weighted by Crippen LogP contribution is -2.47. The number of aromatic nitrogens is 2. The van der Waals surface area contributed by atoms with Crippen LogP contribution >= 0.6 is 0 Å². The zero-order chi connectivity index (χ0) is 17.5. The molecular formula is C19H26N4O2. The van der Waals surface area contributed by atoms with Gasteiger partial charge in [0.05, 0.1) is 12.4 Å². The van der Waals surface area contributed by atoms with Crippen LogP contribution in [0.3, 0.4) is 0 Å². The van der Waals surface area contributed by atoms with Crippen LogP contribution in [0.15, 0.2) is 43.0 Å². The van der Waals surface area contributed by atoms with Crippen LogP contribution in [0.5, 0.6) is 0 Å². The highest BCUT2D eigenvalue weighted by Gasteiger charge is 2.23. The Balaban J connectivity index is 1.51. The van der Waals surface area contributed by atoms with Gasteiger partial charge in [-0.05, 0) is 30.9 Å². The summed E-state index contributed by atoms with van der Waals surface area (Å²) in [5, 5.41) is 3.03. The molecule has 1 saturated heterocycles. The van der Waals surface area contributed by atoms with E-state index in [0.717, 1.165) is 31.5 Å². The summed E-state index contributed by atoms with van der Waals surface area (Å²) >= 11 is 0. The van der Waals surface area contributed by atoms with Crippen LogP contribution in [0.1, 0.15) is 30.9 Å². The molecule has 3 rings (SSSR count). The number of urea groups is 1. The van der Waals surface area contributed by atoms with E-state index >= 15 is 0 Å². The van der Waals surface area contributed by atoms with Gasteiger partial charge in [-0.15, -0.1) is 0 Å². The van der Waals surface area contributed by atoms with Crippen LogP contribution in [0.25, 0.3) is 0 Å². The molecule has 0 saturated carbocycles. The molecule has 1 aliphatic heterocycles. The maximum atomic E-state index is 12.4. The third-order valence-corrected chi connectivity index (χ3v) is 4.43. The van der Waals surface area contributed by atoms with Crippen molar-refractivity contribution >= 4 is 6.03 Å². The molecule has 2 amide bonds. The number of carbonyl (C=O) groups excluding carboxylic acids is 1. The molecule has 1 aromatic heterocycles. The van der Waals surface area contributed by atoms with Crippen molar-refractivity contribution in [1.29, 1.82) is 0 Å². The minimum atomic E-state index is -0.00980. The zero-order valence-electron chi connectivity index (χ0n) is 14.7. The molecule has 1 N–H and O–H groups in total. The maximum absolute atomic E-state index is 12.4. The third kappa shape index (κ3) is 5.06. The highest BCUT2D eigenvalue weighted by atomic mass is 16.5. The third-order valence-electron chi connectivity index (χ3n) is 4.43. The monoisotopic (exact) mass is 342 g/mol. The highest BCUT2D eigenvalue weighted by Crippen LogP contribution is 2.13. The molecule has 6 nitrogen and oxygen atoms in total. The predicted octanol–water partition coefficient (Wildman–Crippen LogP) is 2.64. The fourth-order valence-corrected chi connectivity index (χ4v) is 3.21. The fourth-order valence-electron chi connectivity index (χ4n) is 3.21. The summed E-state index contributed by atoms with van der Waals surface area (Å²) < 4.78 is 7.69. The van der Waals surface area contributed by atoms with Crippen LogP contribution in [0.4, 0.5) is 4.79 Å². The van der Waals surface area contributed by atoms with E-state index in [2.05, 4.69) is 22.4 Å². The van der Waals surface area contributed by atoms with Crippen molar-refractivity contribution in [3.63, 3.8) is 0 Å². The minimum absolute atomic E-state index is 0.00980. The Morgan fingerprint density at radius 1 is 1.40 bits per heavy atom. The Morgan fingerprint density at radius 2 is 2.28 bits per heavy atom. The molecule has 0 spiro atoms. The van der Waals surface area contributed by atoms with Gasteiger partial charge in [-0.3, -0.25) is 0 Å². The molecule has 134 valence electrons. The van der Waals surface area contributed by atoms with Crippen molar-refractivity contribution in [2.45, 2.75) is 39.0 Å². The van der Waals surface area contributed by atoms with Gasteiger partial charge in [0.25, 0.3) is 0 Å². The molecule has 1 aromatic carbocycles. The van der Waals surface area contributed by atoms with Crippen LogP contribution in [-0.4, -0.2) is 46.3 Å². The molecule has 2 heterocycles. The molecule has 0 bridgehead atoms. The number of piperidine rings is 1. The van der Waals surface area contributed by atoms with Gasteiger partial charge in [-0.1, -0.05) is 24.3 Å². The standard InChI is InChI=1S/C19H26N4O2/c1-2-25-18-7-4-9-23(14-18)19(24)21-12-16-5-3-6-17(11-16)13-22-10-8-20-15-22/h3,5-6,8,10-11,15,18H,2,4,7,9,12-14H2,1H3,(H,21,24). The fraction of sp³-hybridized carbons (Fsp3) is 0.474. The number of carbonyl (C=O) groups is 1. The second kappa shape index (κ2) is 8.67. The van der Waals surface area contributed by atoms with Gasteiger partial charge in [0.1, 0.15) is 0 Å². The quantitative estimate of drug-likeness (QED) is 0.878. The van der Waals surface area contributed by atoms with E-state index in [4.69, 9.17) is 4.74 Å². The van der Waals surface area contributed by atoms with Crippen molar-refractivity contribution in [3.05, 3.63) is 54.1 Å².